The van der Waals surface area contributed by atoms with Crippen molar-refractivity contribution in [3.63, 3.8) is 0 Å². The molecule has 0 saturated heterocycles. The molecular weight excluding hydrogens is 307 g/mol. The number of halogens is 1. The van der Waals surface area contributed by atoms with E-state index in [2.05, 4.69) is 15.5 Å². The van der Waals surface area contributed by atoms with Gasteiger partial charge in [-0.25, -0.2) is 4.39 Å². The highest BCUT2D eigenvalue weighted by Crippen LogP contribution is 2.20. The molecule has 0 unspecified atom stereocenters. The van der Waals surface area contributed by atoms with Crippen LogP contribution in [-0.4, -0.2) is 34.4 Å². The molecule has 8 nitrogen and oxygen atoms in total. The van der Waals surface area contributed by atoms with E-state index in [-0.39, 0.29) is 23.8 Å². The maximum atomic E-state index is 13.9. The molecule has 122 valence electrons. The van der Waals surface area contributed by atoms with Crippen molar-refractivity contribution in [2.45, 2.75) is 13.3 Å². The standard InChI is InChI=1S/C14H15FN4O4/c1-7-11(15)12(20)10(14(22)19(7)2)13(21)16-8-5-4-6-9(23-3)18-17-8/h4,6,20H,5H2,1-3H3,(H,16,17,21). The fraction of sp³-hybridized carbons (Fsp3) is 0.286. The summed E-state index contributed by atoms with van der Waals surface area (Å²) in [6.45, 7) is 1.32. The molecule has 2 N–H and O–H groups in total. The Morgan fingerprint density at radius 1 is 1.48 bits per heavy atom. The van der Waals surface area contributed by atoms with Crippen LogP contribution in [0.15, 0.2) is 27.1 Å². The van der Waals surface area contributed by atoms with Crippen LogP contribution in [0.2, 0.25) is 0 Å². The molecule has 0 atom stereocenters. The Hall–Kier alpha value is -2.97. The smallest absolute Gasteiger partial charge is 0.267 e. The average Bonchev–Trinajstić information content (AvgIpc) is 2.76. The minimum atomic E-state index is -1.03. The number of hydrogen-bond donors (Lipinski definition) is 2. The molecule has 1 amide bonds. The topological polar surface area (TPSA) is 105 Å². The third-order valence-corrected chi connectivity index (χ3v) is 3.32. The summed E-state index contributed by atoms with van der Waals surface area (Å²) in [5, 5.41) is 19.6. The molecule has 0 bridgehead atoms. The largest absolute Gasteiger partial charge is 0.504 e. The Morgan fingerprint density at radius 2 is 2.17 bits per heavy atom. The molecule has 0 fully saturated rings. The van der Waals surface area contributed by atoms with Crippen molar-refractivity contribution in [3.8, 4) is 5.75 Å². The summed E-state index contributed by atoms with van der Waals surface area (Å²) in [5.74, 6) is -2.62. The quantitative estimate of drug-likeness (QED) is 0.789. The fourth-order valence-corrected chi connectivity index (χ4v) is 1.89. The molecule has 2 heterocycles. The molecule has 9 heteroatoms. The molecule has 23 heavy (non-hydrogen) atoms. The van der Waals surface area contributed by atoms with E-state index in [0.717, 1.165) is 4.57 Å². The number of carbonyl (C=O) groups excluding carboxylic acids is 1. The molecule has 1 aromatic rings. The van der Waals surface area contributed by atoms with Crippen LogP contribution in [-0.2, 0) is 11.8 Å². The highest BCUT2D eigenvalue weighted by atomic mass is 19.1. The Morgan fingerprint density at radius 3 is 2.83 bits per heavy atom. The maximum absolute atomic E-state index is 13.9. The molecule has 1 aliphatic rings. The van der Waals surface area contributed by atoms with Crippen LogP contribution in [0.5, 0.6) is 5.75 Å². The number of ether oxygens (including phenoxy) is 1. The molecule has 0 radical (unpaired) electrons. The van der Waals surface area contributed by atoms with Gasteiger partial charge in [-0.1, -0.05) is 6.08 Å². The second kappa shape index (κ2) is 6.42. The van der Waals surface area contributed by atoms with E-state index >= 15 is 0 Å². The summed E-state index contributed by atoms with van der Waals surface area (Å²) in [6, 6.07) is 0. The number of aromatic hydroxyl groups is 1. The molecule has 0 aliphatic carbocycles. The Bertz CT molecular complexity index is 808. The Labute approximate surface area is 130 Å². The molecule has 0 aromatic carbocycles. The van der Waals surface area contributed by atoms with E-state index in [0.29, 0.717) is 0 Å². The van der Waals surface area contributed by atoms with Crippen LogP contribution in [0, 0.1) is 12.7 Å². The van der Waals surface area contributed by atoms with E-state index in [1.165, 1.54) is 21.1 Å². The number of rotatable bonds is 1. The summed E-state index contributed by atoms with van der Waals surface area (Å²) in [7, 11) is 2.72. The van der Waals surface area contributed by atoms with Gasteiger partial charge in [0.2, 0.25) is 5.90 Å². The molecule has 1 aromatic heterocycles. The number of nitrogens with zero attached hydrogens (tertiary/aromatic N) is 3. The SMILES string of the molecule is COC1=NN=C(NC(=O)c2c(O)c(F)c(C)n(C)c2=O)CC=C1. The van der Waals surface area contributed by atoms with E-state index in [1.807, 2.05) is 0 Å². The second-order valence-corrected chi connectivity index (χ2v) is 4.74. The van der Waals surface area contributed by atoms with Gasteiger partial charge >= 0.3 is 0 Å². The lowest BCUT2D eigenvalue weighted by Gasteiger charge is -2.11. The molecular formula is C14H15FN4O4. The predicted molar refractivity (Wildman–Crippen MR) is 81.1 cm³/mol. The second-order valence-electron chi connectivity index (χ2n) is 4.74. The Balaban J connectivity index is 2.37. The lowest BCUT2D eigenvalue weighted by Crippen LogP contribution is -2.36. The predicted octanol–water partition coefficient (Wildman–Crippen LogP) is 0.587. The molecule has 0 saturated carbocycles. The third kappa shape index (κ3) is 3.12. The van der Waals surface area contributed by atoms with Crippen molar-refractivity contribution in [1.29, 1.82) is 0 Å². The minimum absolute atomic E-state index is 0.0758. The van der Waals surface area contributed by atoms with Gasteiger partial charge in [0.15, 0.2) is 11.6 Å². The highest BCUT2D eigenvalue weighted by molar-refractivity contribution is 6.08. The van der Waals surface area contributed by atoms with E-state index in [4.69, 9.17) is 4.74 Å². The number of carbonyl (C=O) groups is 1. The van der Waals surface area contributed by atoms with Crippen molar-refractivity contribution in [2.24, 2.45) is 17.3 Å². The van der Waals surface area contributed by atoms with Crippen molar-refractivity contribution in [1.82, 2.24) is 9.88 Å². The zero-order valence-electron chi connectivity index (χ0n) is 12.8. The number of aromatic nitrogens is 1. The van der Waals surface area contributed by atoms with Gasteiger partial charge in [-0.3, -0.25) is 9.59 Å². The number of amidine groups is 1. The first-order chi connectivity index (χ1) is 10.9. The lowest BCUT2D eigenvalue weighted by atomic mass is 10.2. The number of nitrogens with one attached hydrogen (secondary N) is 1. The van der Waals surface area contributed by atoms with Crippen LogP contribution < -0.4 is 10.9 Å². The van der Waals surface area contributed by atoms with Crippen LogP contribution in [0.25, 0.3) is 0 Å². The minimum Gasteiger partial charge on any atom is -0.504 e. The highest BCUT2D eigenvalue weighted by Gasteiger charge is 2.24. The monoisotopic (exact) mass is 322 g/mol. The number of hydrogen-bond acceptors (Lipinski definition) is 6. The van der Waals surface area contributed by atoms with Crippen LogP contribution in [0.3, 0.4) is 0 Å². The van der Waals surface area contributed by atoms with Crippen molar-refractivity contribution in [2.75, 3.05) is 7.11 Å². The third-order valence-electron chi connectivity index (χ3n) is 3.32. The van der Waals surface area contributed by atoms with Crippen molar-refractivity contribution < 1.29 is 19.0 Å². The number of amides is 1. The van der Waals surface area contributed by atoms with Gasteiger partial charge in [-0.15, -0.1) is 10.2 Å². The summed E-state index contributed by atoms with van der Waals surface area (Å²) in [6.07, 6.45) is 3.42. The molecule has 2 rings (SSSR count). The average molecular weight is 322 g/mol. The molecule has 1 aliphatic heterocycles. The van der Waals surface area contributed by atoms with E-state index < -0.39 is 28.6 Å². The van der Waals surface area contributed by atoms with Crippen molar-refractivity contribution >= 4 is 17.6 Å². The molecule has 0 spiro atoms. The van der Waals surface area contributed by atoms with E-state index in [1.54, 1.807) is 12.2 Å². The normalized spacial score (nSPS) is 13.9. The van der Waals surface area contributed by atoms with Gasteiger partial charge in [0.05, 0.1) is 12.8 Å². The fourth-order valence-electron chi connectivity index (χ4n) is 1.89. The van der Waals surface area contributed by atoms with Crippen LogP contribution >= 0.6 is 0 Å². The van der Waals surface area contributed by atoms with Gasteiger partial charge in [0.25, 0.3) is 11.5 Å². The van der Waals surface area contributed by atoms with Crippen molar-refractivity contribution in [3.05, 3.63) is 39.6 Å². The number of methoxy groups -OCH3 is 1. The summed E-state index contributed by atoms with van der Waals surface area (Å²) in [4.78, 5) is 24.3. The van der Waals surface area contributed by atoms with Gasteiger partial charge in [0.1, 0.15) is 11.4 Å². The van der Waals surface area contributed by atoms with Gasteiger partial charge in [-0.2, -0.15) is 0 Å². The zero-order valence-corrected chi connectivity index (χ0v) is 12.8. The van der Waals surface area contributed by atoms with Crippen LogP contribution in [0.4, 0.5) is 4.39 Å². The van der Waals surface area contributed by atoms with Gasteiger partial charge < -0.3 is 19.7 Å². The zero-order chi connectivity index (χ0) is 17.1. The number of pyridine rings is 1. The first-order valence-corrected chi connectivity index (χ1v) is 6.61. The van der Waals surface area contributed by atoms with Crippen LogP contribution in [0.1, 0.15) is 22.5 Å². The maximum Gasteiger partial charge on any atom is 0.267 e. The first-order valence-electron chi connectivity index (χ1n) is 6.61. The first kappa shape index (κ1) is 16.4. The lowest BCUT2D eigenvalue weighted by molar-refractivity contribution is 0.0970. The van der Waals surface area contributed by atoms with Gasteiger partial charge in [-0.05, 0) is 13.0 Å². The summed E-state index contributed by atoms with van der Waals surface area (Å²) in [5.41, 5.74) is -1.58. The Kier molecular flexibility index (Phi) is 4.58. The van der Waals surface area contributed by atoms with E-state index in [9.17, 15) is 19.1 Å². The summed E-state index contributed by atoms with van der Waals surface area (Å²) < 4.78 is 19.7. The summed E-state index contributed by atoms with van der Waals surface area (Å²) >= 11 is 0. The van der Waals surface area contributed by atoms with Gasteiger partial charge in [0, 0.05) is 13.5 Å².